The molecule has 124 valence electrons. The number of ketones is 1. The average molecular weight is 343 g/mol. The van der Waals surface area contributed by atoms with E-state index in [4.69, 9.17) is 9.47 Å². The second-order valence-electron chi connectivity index (χ2n) is 4.82. The third-order valence-electron chi connectivity index (χ3n) is 2.92. The summed E-state index contributed by atoms with van der Waals surface area (Å²) in [5, 5.41) is 2.87. The monoisotopic (exact) mass is 343 g/mol. The van der Waals surface area contributed by atoms with Gasteiger partial charge in [0.15, 0.2) is 0 Å². The van der Waals surface area contributed by atoms with Crippen LogP contribution in [0, 0.1) is 17.4 Å². The number of carbonyl (C=O) groups is 2. The molecule has 0 aliphatic rings. The summed E-state index contributed by atoms with van der Waals surface area (Å²) in [4.78, 5) is 23.7. The summed E-state index contributed by atoms with van der Waals surface area (Å²) in [6.07, 6.45) is -0.760. The Hall–Kier alpha value is -1.89. The third kappa shape index (κ3) is 8.67. The summed E-state index contributed by atoms with van der Waals surface area (Å²) in [6.45, 7) is 0.530. The van der Waals surface area contributed by atoms with Crippen LogP contribution in [0.4, 0.5) is 0 Å². The van der Waals surface area contributed by atoms with Crippen molar-refractivity contribution in [2.75, 3.05) is 19.7 Å². The molecule has 0 radical (unpaired) electrons. The van der Waals surface area contributed by atoms with Crippen LogP contribution in [-0.4, -0.2) is 45.4 Å². The van der Waals surface area contributed by atoms with Crippen molar-refractivity contribution in [3.8, 4) is 17.4 Å². The van der Waals surface area contributed by atoms with E-state index in [-0.39, 0.29) is 32.0 Å². The molecule has 1 atom stereocenters. The molecule has 0 aliphatic heterocycles. The Labute approximate surface area is 145 Å². The minimum absolute atomic E-state index is 0.134. The van der Waals surface area contributed by atoms with E-state index >= 15 is 0 Å². The summed E-state index contributed by atoms with van der Waals surface area (Å²) in [6, 6.07) is 9.32. The van der Waals surface area contributed by atoms with Gasteiger partial charge in [0.05, 0.1) is 0 Å². The van der Waals surface area contributed by atoms with Crippen molar-refractivity contribution < 1.29 is 19.1 Å². The van der Waals surface area contributed by atoms with Crippen LogP contribution in [0.1, 0.15) is 12.0 Å². The Morgan fingerprint density at radius 3 is 2.71 bits per heavy atom. The number of benzene rings is 1. The normalized spacial score (nSPS) is 10.8. The fraction of sp³-hybridized carbons (Fsp3) is 0.353. The molecule has 0 aliphatic carbocycles. The Balaban J connectivity index is 2.38. The van der Waals surface area contributed by atoms with Gasteiger partial charge in [-0.05, 0) is 0 Å². The molecule has 0 saturated heterocycles. The second-order valence-corrected chi connectivity index (χ2v) is 5.14. The number of rotatable bonds is 10. The minimum atomic E-state index is -0.898. The maximum atomic E-state index is 12.1. The number of carbonyl (C=O) groups excluding carboxylic acids is 2. The molecule has 0 bridgehead atoms. The molecule has 0 spiro atoms. The van der Waals surface area contributed by atoms with Gasteiger partial charge in [-0.1, -0.05) is 0 Å². The van der Waals surface area contributed by atoms with Gasteiger partial charge in [0.25, 0.3) is 0 Å². The first-order chi connectivity index (χ1) is 11.7. The van der Waals surface area contributed by atoms with Crippen molar-refractivity contribution in [1.82, 2.24) is 5.32 Å². The van der Waals surface area contributed by atoms with Gasteiger partial charge in [-0.3, -0.25) is 0 Å². The summed E-state index contributed by atoms with van der Waals surface area (Å²) in [5.74, 6) is 4.79. The van der Waals surface area contributed by atoms with E-state index in [1.807, 2.05) is 30.3 Å². The van der Waals surface area contributed by atoms with Crippen molar-refractivity contribution in [2.45, 2.75) is 19.1 Å². The Morgan fingerprint density at radius 1 is 1.29 bits per heavy atom. The standard InChI is InChI=1S/C17H19BNO4P/c18-8-4-9-19-11-15(20)13-22-16(7-10-24)17(21)23-12-14-5-2-1-3-6-14/h1-3,5-6,16,19H,7,9,11-13,18H2. The molecule has 0 aromatic heterocycles. The molecule has 1 N–H and O–H groups in total. The van der Waals surface area contributed by atoms with E-state index in [1.165, 1.54) is 0 Å². The van der Waals surface area contributed by atoms with Gasteiger partial charge >= 0.3 is 145 Å². The molecule has 1 aromatic carbocycles. The van der Waals surface area contributed by atoms with Crippen LogP contribution in [0.3, 0.4) is 0 Å². The topological polar surface area (TPSA) is 64.6 Å². The molecular weight excluding hydrogens is 324 g/mol. The number of esters is 1. The van der Waals surface area contributed by atoms with E-state index in [0.717, 1.165) is 5.56 Å². The first kappa shape index (κ1) is 20.2. The molecule has 5 nitrogen and oxygen atoms in total. The molecule has 0 saturated carbocycles. The van der Waals surface area contributed by atoms with Crippen LogP contribution in [0.2, 0.25) is 0 Å². The molecule has 1 rings (SSSR count). The molecular formula is C17H19BNO4P. The van der Waals surface area contributed by atoms with Gasteiger partial charge in [0.2, 0.25) is 0 Å². The quantitative estimate of drug-likeness (QED) is 0.222. The molecule has 0 fully saturated rings. The van der Waals surface area contributed by atoms with Crippen LogP contribution < -0.4 is 5.32 Å². The van der Waals surface area contributed by atoms with Gasteiger partial charge in [-0.25, -0.2) is 0 Å². The Bertz CT molecular complexity index is 633. The predicted molar refractivity (Wildman–Crippen MR) is 95.6 cm³/mol. The van der Waals surface area contributed by atoms with Crippen LogP contribution >= 0.6 is 8.70 Å². The van der Waals surface area contributed by atoms with Crippen molar-refractivity contribution in [3.05, 3.63) is 35.9 Å². The summed E-state index contributed by atoms with van der Waals surface area (Å²) in [7, 11) is 5.59. The average Bonchev–Trinajstić information content (AvgIpc) is 2.61. The van der Waals surface area contributed by atoms with Crippen LogP contribution in [-0.2, 0) is 25.7 Å². The molecule has 7 heteroatoms. The van der Waals surface area contributed by atoms with E-state index in [0.29, 0.717) is 6.54 Å². The zero-order chi connectivity index (χ0) is 17.6. The maximum absolute atomic E-state index is 12.1. The van der Waals surface area contributed by atoms with E-state index in [9.17, 15) is 9.59 Å². The molecule has 0 heterocycles. The van der Waals surface area contributed by atoms with Crippen LogP contribution in [0.5, 0.6) is 0 Å². The molecule has 1 unspecified atom stereocenters. The number of nitrogens with one attached hydrogen (secondary N) is 1. The summed E-state index contributed by atoms with van der Waals surface area (Å²) < 4.78 is 10.5. The Kier molecular flexibility index (Phi) is 10.5. The SMILES string of the molecule is BC#CCNCC(=O)COC(CC#P)C(=O)OCc1ccccc1. The summed E-state index contributed by atoms with van der Waals surface area (Å²) in [5.41, 5.74) is 3.43. The molecule has 1 aromatic rings. The van der Waals surface area contributed by atoms with Crippen LogP contribution in [0.25, 0.3) is 0 Å². The second kappa shape index (κ2) is 12.5. The first-order valence-electron chi connectivity index (χ1n) is 7.48. The van der Waals surface area contributed by atoms with Gasteiger partial charge < -0.3 is 0 Å². The van der Waals surface area contributed by atoms with Gasteiger partial charge in [-0.15, -0.1) is 0 Å². The van der Waals surface area contributed by atoms with Gasteiger partial charge in [-0.2, -0.15) is 0 Å². The summed E-state index contributed by atoms with van der Waals surface area (Å²) >= 11 is 0. The van der Waals surface area contributed by atoms with E-state index < -0.39 is 12.1 Å². The van der Waals surface area contributed by atoms with Crippen molar-refractivity contribution in [1.29, 1.82) is 0 Å². The van der Waals surface area contributed by atoms with Crippen molar-refractivity contribution in [3.63, 3.8) is 0 Å². The first-order valence-corrected chi connectivity index (χ1v) is 7.93. The third-order valence-corrected chi connectivity index (χ3v) is 3.10. The van der Waals surface area contributed by atoms with E-state index in [1.54, 1.807) is 7.85 Å². The fourth-order valence-electron chi connectivity index (χ4n) is 1.71. The van der Waals surface area contributed by atoms with Crippen LogP contribution in [0.15, 0.2) is 30.3 Å². The Morgan fingerprint density at radius 2 is 2.04 bits per heavy atom. The van der Waals surface area contributed by atoms with Crippen molar-refractivity contribution >= 4 is 28.3 Å². The zero-order valence-corrected chi connectivity index (χ0v) is 14.5. The number of Topliss-reactive ketones (excluding diaryl/α,β-unsaturated/α-hetero) is 1. The fourth-order valence-corrected chi connectivity index (χ4v) is 1.88. The number of hydrogen-bond donors (Lipinski definition) is 1. The predicted octanol–water partition coefficient (Wildman–Crippen LogP) is 0.627. The molecule has 24 heavy (non-hydrogen) atoms. The van der Waals surface area contributed by atoms with Crippen molar-refractivity contribution in [2.24, 2.45) is 0 Å². The zero-order valence-electron chi connectivity index (χ0n) is 13.6. The number of hydrogen-bond acceptors (Lipinski definition) is 5. The molecule has 0 amide bonds. The van der Waals surface area contributed by atoms with Gasteiger partial charge in [0, 0.05) is 0 Å². The number of ether oxygens (including phenoxy) is 2. The van der Waals surface area contributed by atoms with E-state index in [2.05, 4.69) is 31.4 Å². The van der Waals surface area contributed by atoms with Gasteiger partial charge in [0.1, 0.15) is 0 Å².